The number of ether oxygens (including phenoxy) is 1. The van der Waals surface area contributed by atoms with Gasteiger partial charge in [0, 0.05) is 18.9 Å². The molecule has 0 aliphatic carbocycles. The van der Waals surface area contributed by atoms with E-state index in [1.165, 1.54) is 4.31 Å². The average molecular weight is 417 g/mol. The van der Waals surface area contributed by atoms with Gasteiger partial charge in [0.25, 0.3) is 0 Å². The van der Waals surface area contributed by atoms with E-state index in [2.05, 4.69) is 31.1 Å². The summed E-state index contributed by atoms with van der Waals surface area (Å²) in [7, 11) is -3.66. The van der Waals surface area contributed by atoms with Gasteiger partial charge in [0.2, 0.25) is 10.0 Å². The van der Waals surface area contributed by atoms with Crippen LogP contribution in [-0.4, -0.2) is 47.0 Å². The molecule has 24 heavy (non-hydrogen) atoms. The number of halogens is 1. The first kappa shape index (κ1) is 17.3. The molecule has 2 aromatic heterocycles. The van der Waals surface area contributed by atoms with Crippen LogP contribution in [0.4, 0.5) is 0 Å². The first-order valence-electron chi connectivity index (χ1n) is 7.45. The topological polar surface area (TPSA) is 98.4 Å². The minimum Gasteiger partial charge on any atom is -0.459 e. The van der Waals surface area contributed by atoms with Crippen molar-refractivity contribution in [3.8, 4) is 6.01 Å². The van der Waals surface area contributed by atoms with Crippen LogP contribution < -0.4 is 4.74 Å². The van der Waals surface area contributed by atoms with Gasteiger partial charge in [-0.2, -0.15) is 4.31 Å². The van der Waals surface area contributed by atoms with Gasteiger partial charge in [-0.1, -0.05) is 5.16 Å². The fourth-order valence-electron chi connectivity index (χ4n) is 2.70. The Morgan fingerprint density at radius 1 is 1.33 bits per heavy atom. The Balaban J connectivity index is 1.77. The van der Waals surface area contributed by atoms with Crippen molar-refractivity contribution < 1.29 is 17.7 Å². The highest BCUT2D eigenvalue weighted by atomic mass is 79.9. The van der Waals surface area contributed by atoms with E-state index in [1.54, 1.807) is 26.2 Å². The number of aromatic nitrogens is 3. The van der Waals surface area contributed by atoms with Gasteiger partial charge in [0.05, 0.1) is 11.0 Å². The van der Waals surface area contributed by atoms with Crippen molar-refractivity contribution in [1.29, 1.82) is 0 Å². The number of nitrogens with zero attached hydrogens (tertiary/aromatic N) is 4. The van der Waals surface area contributed by atoms with Crippen LogP contribution in [0.2, 0.25) is 0 Å². The highest BCUT2D eigenvalue weighted by Gasteiger charge is 2.35. The summed E-state index contributed by atoms with van der Waals surface area (Å²) in [4.78, 5) is 8.27. The number of aryl methyl sites for hydroxylation is 2. The fraction of sp³-hybridized carbons (Fsp3) is 0.500. The minimum absolute atomic E-state index is 0.142. The number of hydrogen-bond donors (Lipinski definition) is 0. The first-order valence-corrected chi connectivity index (χ1v) is 9.68. The van der Waals surface area contributed by atoms with Crippen LogP contribution in [0, 0.1) is 13.8 Å². The van der Waals surface area contributed by atoms with E-state index < -0.39 is 10.0 Å². The molecule has 3 rings (SSSR count). The largest absolute Gasteiger partial charge is 0.459 e. The molecule has 130 valence electrons. The fourth-order valence-corrected chi connectivity index (χ4v) is 4.71. The maximum absolute atomic E-state index is 12.9. The summed E-state index contributed by atoms with van der Waals surface area (Å²) in [6.45, 7) is 3.90. The lowest BCUT2D eigenvalue weighted by Crippen LogP contribution is -2.44. The molecule has 10 heteroatoms. The predicted octanol–water partition coefficient (Wildman–Crippen LogP) is 2.08. The third kappa shape index (κ3) is 3.45. The molecule has 1 fully saturated rings. The molecule has 0 aromatic carbocycles. The molecule has 1 unspecified atom stereocenters. The summed E-state index contributed by atoms with van der Waals surface area (Å²) in [6, 6.07) is 0.236. The highest BCUT2D eigenvalue weighted by molar-refractivity contribution is 9.10. The maximum atomic E-state index is 12.9. The molecule has 1 aliphatic rings. The van der Waals surface area contributed by atoms with E-state index in [0.717, 1.165) is 10.9 Å². The van der Waals surface area contributed by atoms with E-state index in [4.69, 9.17) is 9.26 Å². The Bertz CT molecular complexity index is 802. The smallest absolute Gasteiger partial charge is 0.316 e. The second-order valence-corrected chi connectivity index (χ2v) is 8.37. The standard InChI is InChI=1S/C14H17BrN4O4S/c1-9-13(10(2)23-18-9)24(20,21)19-5-3-4-12(8-19)22-14-16-6-11(15)7-17-14/h6-7,12H,3-5,8H2,1-2H3. The molecule has 3 heterocycles. The summed E-state index contributed by atoms with van der Waals surface area (Å²) in [5.74, 6) is 0.298. The van der Waals surface area contributed by atoms with Crippen molar-refractivity contribution in [2.75, 3.05) is 13.1 Å². The zero-order valence-electron chi connectivity index (χ0n) is 13.3. The molecule has 2 aromatic rings. The molecule has 1 atom stereocenters. The monoisotopic (exact) mass is 416 g/mol. The molecule has 0 N–H and O–H groups in total. The summed E-state index contributed by atoms with van der Waals surface area (Å²) in [6.07, 6.45) is 4.32. The van der Waals surface area contributed by atoms with Gasteiger partial charge < -0.3 is 9.26 Å². The van der Waals surface area contributed by atoms with Gasteiger partial charge in [0.15, 0.2) is 5.76 Å². The lowest BCUT2D eigenvalue weighted by molar-refractivity contribution is 0.119. The average Bonchev–Trinajstić information content (AvgIpc) is 2.89. The summed E-state index contributed by atoms with van der Waals surface area (Å²) in [5, 5.41) is 3.74. The number of hydrogen-bond acceptors (Lipinski definition) is 7. The molecular formula is C14H17BrN4O4S. The number of piperidine rings is 1. The van der Waals surface area contributed by atoms with Gasteiger partial charge in [-0.25, -0.2) is 18.4 Å². The Morgan fingerprint density at radius 3 is 2.67 bits per heavy atom. The molecule has 0 radical (unpaired) electrons. The molecule has 0 saturated carbocycles. The van der Waals surface area contributed by atoms with Gasteiger partial charge in [-0.15, -0.1) is 0 Å². The Labute approximate surface area is 148 Å². The molecule has 0 bridgehead atoms. The molecule has 0 spiro atoms. The Morgan fingerprint density at radius 2 is 2.04 bits per heavy atom. The van der Waals surface area contributed by atoms with Crippen LogP contribution in [0.15, 0.2) is 26.3 Å². The van der Waals surface area contributed by atoms with Gasteiger partial charge in [-0.05, 0) is 42.6 Å². The summed E-state index contributed by atoms with van der Waals surface area (Å²) in [5.41, 5.74) is 0.367. The molecule has 8 nitrogen and oxygen atoms in total. The second kappa shape index (κ2) is 6.77. The predicted molar refractivity (Wildman–Crippen MR) is 88.1 cm³/mol. The molecule has 1 aliphatic heterocycles. The summed E-state index contributed by atoms with van der Waals surface area (Å²) < 4.78 is 38.6. The Hall–Kier alpha value is -1.52. The normalized spacial score (nSPS) is 19.4. The number of rotatable bonds is 4. The lowest BCUT2D eigenvalue weighted by atomic mass is 10.1. The van der Waals surface area contributed by atoms with E-state index in [9.17, 15) is 8.42 Å². The van der Waals surface area contributed by atoms with E-state index in [1.807, 2.05) is 0 Å². The van der Waals surface area contributed by atoms with Crippen molar-refractivity contribution in [2.45, 2.75) is 37.7 Å². The van der Waals surface area contributed by atoms with Crippen LogP contribution in [-0.2, 0) is 10.0 Å². The Kier molecular flexibility index (Phi) is 4.88. The van der Waals surface area contributed by atoms with Crippen molar-refractivity contribution in [3.63, 3.8) is 0 Å². The van der Waals surface area contributed by atoms with Gasteiger partial charge in [0.1, 0.15) is 16.7 Å². The molecular weight excluding hydrogens is 400 g/mol. The second-order valence-electron chi connectivity index (χ2n) is 5.58. The quantitative estimate of drug-likeness (QED) is 0.751. The summed E-state index contributed by atoms with van der Waals surface area (Å²) >= 11 is 3.26. The van der Waals surface area contributed by atoms with E-state index in [0.29, 0.717) is 24.4 Å². The zero-order chi connectivity index (χ0) is 17.3. The van der Waals surface area contributed by atoms with Crippen molar-refractivity contribution in [2.24, 2.45) is 0 Å². The highest BCUT2D eigenvalue weighted by Crippen LogP contribution is 2.26. The van der Waals surface area contributed by atoms with E-state index in [-0.39, 0.29) is 23.6 Å². The van der Waals surface area contributed by atoms with Crippen molar-refractivity contribution in [3.05, 3.63) is 28.3 Å². The lowest BCUT2D eigenvalue weighted by Gasteiger charge is -2.31. The third-order valence-electron chi connectivity index (χ3n) is 3.78. The van der Waals surface area contributed by atoms with Crippen LogP contribution >= 0.6 is 15.9 Å². The van der Waals surface area contributed by atoms with Gasteiger partial charge >= 0.3 is 6.01 Å². The van der Waals surface area contributed by atoms with Crippen LogP contribution in [0.3, 0.4) is 0 Å². The minimum atomic E-state index is -3.66. The van der Waals surface area contributed by atoms with Gasteiger partial charge in [-0.3, -0.25) is 0 Å². The van der Waals surface area contributed by atoms with Crippen molar-refractivity contribution in [1.82, 2.24) is 19.4 Å². The van der Waals surface area contributed by atoms with Crippen molar-refractivity contribution >= 4 is 26.0 Å². The number of sulfonamides is 1. The molecule has 1 saturated heterocycles. The third-order valence-corrected chi connectivity index (χ3v) is 6.30. The first-order chi connectivity index (χ1) is 11.4. The molecule has 0 amide bonds. The van der Waals surface area contributed by atoms with Crippen LogP contribution in [0.5, 0.6) is 6.01 Å². The SMILES string of the molecule is Cc1noc(C)c1S(=O)(=O)N1CCCC(Oc2ncc(Br)cn2)C1. The maximum Gasteiger partial charge on any atom is 0.316 e. The van der Waals surface area contributed by atoms with Crippen LogP contribution in [0.25, 0.3) is 0 Å². The zero-order valence-corrected chi connectivity index (χ0v) is 15.7. The van der Waals surface area contributed by atoms with Crippen LogP contribution in [0.1, 0.15) is 24.3 Å². The van der Waals surface area contributed by atoms with E-state index >= 15 is 0 Å².